The van der Waals surface area contributed by atoms with Crippen molar-refractivity contribution in [2.75, 3.05) is 11.9 Å². The smallest absolute Gasteiger partial charge is 0.134 e. The van der Waals surface area contributed by atoms with Crippen LogP contribution in [0, 0.1) is 0 Å². The third-order valence-corrected chi connectivity index (χ3v) is 6.84. The number of allylic oxidation sites excluding steroid dienone is 2. The number of rotatable bonds is 12. The van der Waals surface area contributed by atoms with Crippen molar-refractivity contribution in [2.24, 2.45) is 0 Å². The number of ether oxygens (including phenoxy) is 1. The molecule has 6 heteroatoms. The van der Waals surface area contributed by atoms with Crippen LogP contribution in [-0.4, -0.2) is 22.6 Å². The van der Waals surface area contributed by atoms with Crippen LogP contribution in [0.5, 0.6) is 5.75 Å². The number of nitrogens with zero attached hydrogens (tertiary/aromatic N) is 2. The second kappa shape index (κ2) is 12.9. The van der Waals surface area contributed by atoms with E-state index < -0.39 is 0 Å². The molecule has 0 saturated heterocycles. The van der Waals surface area contributed by atoms with Gasteiger partial charge in [0.15, 0.2) is 0 Å². The van der Waals surface area contributed by atoms with Crippen LogP contribution in [-0.2, 0) is 5.75 Å². The van der Waals surface area contributed by atoms with Gasteiger partial charge >= 0.3 is 0 Å². The number of aromatic nitrogens is 2. The van der Waals surface area contributed by atoms with E-state index in [0.717, 1.165) is 39.8 Å². The third-order valence-electron chi connectivity index (χ3n) is 5.86. The number of para-hydroxylation sites is 1. The molecule has 0 spiro atoms. The SMILES string of the molecule is C=C/C=C(\C=C)COc1ccccc1-c1cc(Nc2cccc(CSNC3CCCC3)c2)ncn1. The molecule has 0 atom stereocenters. The lowest BCUT2D eigenvalue weighted by molar-refractivity contribution is 0.357. The Labute approximate surface area is 212 Å². The molecule has 5 nitrogen and oxygen atoms in total. The molecule has 0 radical (unpaired) electrons. The summed E-state index contributed by atoms with van der Waals surface area (Å²) in [5.41, 5.74) is 4.92. The fraction of sp³-hybridized carbons (Fsp3) is 0.241. The van der Waals surface area contributed by atoms with Gasteiger partial charge in [-0.25, -0.2) is 9.97 Å². The van der Waals surface area contributed by atoms with Crippen molar-refractivity contribution in [2.45, 2.75) is 37.5 Å². The summed E-state index contributed by atoms with van der Waals surface area (Å²) in [6.45, 7) is 7.98. The van der Waals surface area contributed by atoms with Crippen molar-refractivity contribution in [3.63, 3.8) is 0 Å². The zero-order valence-electron chi connectivity index (χ0n) is 20.0. The Balaban J connectivity index is 1.43. The first kappa shape index (κ1) is 24.8. The van der Waals surface area contributed by atoms with Crippen LogP contribution in [0.3, 0.4) is 0 Å². The molecule has 0 amide bonds. The Kier molecular flexibility index (Phi) is 9.15. The van der Waals surface area contributed by atoms with Crippen LogP contribution in [0.4, 0.5) is 11.5 Å². The standard InChI is InChI=1S/C29H32N4OS/c1-3-10-22(4-2)19-34-28-16-8-7-15-26(28)27-18-29(31-21-30-27)32-25-14-9-11-23(17-25)20-35-33-24-12-5-6-13-24/h3-4,7-11,14-18,21,24,33H,1-2,5-6,12-13,19-20H2,(H,30,31,32)/b22-10+. The molecule has 1 heterocycles. The first-order valence-corrected chi connectivity index (χ1v) is 13.0. The molecule has 4 rings (SSSR count). The first-order valence-electron chi connectivity index (χ1n) is 12.0. The first-order chi connectivity index (χ1) is 17.2. The average molecular weight is 485 g/mol. The number of benzene rings is 2. The van der Waals surface area contributed by atoms with Gasteiger partial charge in [-0.2, -0.15) is 0 Å². The zero-order chi connectivity index (χ0) is 24.3. The minimum atomic E-state index is 0.406. The van der Waals surface area contributed by atoms with Gasteiger partial charge in [-0.3, -0.25) is 4.72 Å². The second-order valence-electron chi connectivity index (χ2n) is 8.47. The molecule has 0 bridgehead atoms. The Morgan fingerprint density at radius 1 is 1.06 bits per heavy atom. The predicted octanol–water partition coefficient (Wildman–Crippen LogP) is 7.24. The van der Waals surface area contributed by atoms with E-state index in [1.54, 1.807) is 30.4 Å². The number of anilines is 2. The maximum Gasteiger partial charge on any atom is 0.134 e. The van der Waals surface area contributed by atoms with Crippen molar-refractivity contribution < 1.29 is 4.74 Å². The second-order valence-corrected chi connectivity index (χ2v) is 9.28. The topological polar surface area (TPSA) is 59.1 Å². The fourth-order valence-corrected chi connectivity index (χ4v) is 4.94. The van der Waals surface area contributed by atoms with Crippen LogP contribution in [0.25, 0.3) is 11.3 Å². The van der Waals surface area contributed by atoms with Gasteiger partial charge in [0.2, 0.25) is 0 Å². The average Bonchev–Trinajstić information content (AvgIpc) is 3.41. The molecule has 1 fully saturated rings. The Morgan fingerprint density at radius 3 is 2.74 bits per heavy atom. The molecular formula is C29H32N4OS. The van der Waals surface area contributed by atoms with Crippen molar-refractivity contribution in [1.29, 1.82) is 0 Å². The van der Waals surface area contributed by atoms with Crippen molar-refractivity contribution in [3.8, 4) is 17.0 Å². The molecule has 35 heavy (non-hydrogen) atoms. The summed E-state index contributed by atoms with van der Waals surface area (Å²) in [5, 5.41) is 3.43. The Hall–Kier alpha value is -3.35. The zero-order valence-corrected chi connectivity index (χ0v) is 20.8. The molecule has 180 valence electrons. The number of nitrogens with one attached hydrogen (secondary N) is 2. The van der Waals surface area contributed by atoms with Crippen LogP contribution < -0.4 is 14.8 Å². The van der Waals surface area contributed by atoms with Crippen molar-refractivity contribution >= 4 is 23.5 Å². The van der Waals surface area contributed by atoms with E-state index in [-0.39, 0.29) is 0 Å². The summed E-state index contributed by atoms with van der Waals surface area (Å²) in [6, 6.07) is 18.9. The summed E-state index contributed by atoms with van der Waals surface area (Å²) < 4.78 is 9.68. The highest BCUT2D eigenvalue weighted by Gasteiger charge is 2.14. The monoisotopic (exact) mass is 484 g/mol. The highest BCUT2D eigenvalue weighted by atomic mass is 32.2. The van der Waals surface area contributed by atoms with Gasteiger partial charge in [0.05, 0.1) is 5.69 Å². The molecular weight excluding hydrogens is 452 g/mol. The van der Waals surface area contributed by atoms with Gasteiger partial charge in [-0.15, -0.1) is 0 Å². The van der Waals surface area contributed by atoms with E-state index in [1.807, 2.05) is 36.4 Å². The summed E-state index contributed by atoms with van der Waals surface area (Å²) >= 11 is 1.80. The fourth-order valence-electron chi connectivity index (χ4n) is 4.04. The van der Waals surface area contributed by atoms with Crippen LogP contribution in [0.1, 0.15) is 31.2 Å². The third kappa shape index (κ3) is 7.31. The van der Waals surface area contributed by atoms with Crippen LogP contribution in [0.2, 0.25) is 0 Å². The van der Waals surface area contributed by atoms with Crippen molar-refractivity contribution in [3.05, 3.63) is 103 Å². The predicted molar refractivity (Wildman–Crippen MR) is 148 cm³/mol. The molecule has 1 saturated carbocycles. The summed E-state index contributed by atoms with van der Waals surface area (Å²) in [6.07, 6.45) is 12.2. The largest absolute Gasteiger partial charge is 0.488 e. The Bertz CT molecular complexity index is 1170. The van der Waals surface area contributed by atoms with E-state index >= 15 is 0 Å². The maximum absolute atomic E-state index is 6.07. The van der Waals surface area contributed by atoms with Gasteiger partial charge in [0, 0.05) is 29.1 Å². The summed E-state index contributed by atoms with van der Waals surface area (Å²) in [5.74, 6) is 2.42. The van der Waals surface area contributed by atoms with E-state index in [1.165, 1.54) is 31.2 Å². The molecule has 2 N–H and O–H groups in total. The number of hydrogen-bond acceptors (Lipinski definition) is 6. The molecule has 2 aromatic carbocycles. The Morgan fingerprint density at radius 2 is 1.91 bits per heavy atom. The highest BCUT2D eigenvalue weighted by molar-refractivity contribution is 7.96. The lowest BCUT2D eigenvalue weighted by Crippen LogP contribution is -2.18. The van der Waals surface area contributed by atoms with Gasteiger partial charge in [-0.05, 0) is 48.2 Å². The summed E-state index contributed by atoms with van der Waals surface area (Å²) in [4.78, 5) is 8.93. The van der Waals surface area contributed by atoms with Crippen LogP contribution in [0.15, 0.2) is 97.9 Å². The van der Waals surface area contributed by atoms with E-state index in [9.17, 15) is 0 Å². The maximum atomic E-state index is 6.07. The lowest BCUT2D eigenvalue weighted by Gasteiger charge is -2.13. The highest BCUT2D eigenvalue weighted by Crippen LogP contribution is 2.30. The van der Waals surface area contributed by atoms with E-state index in [0.29, 0.717) is 12.6 Å². The van der Waals surface area contributed by atoms with E-state index in [2.05, 4.69) is 57.4 Å². The number of hydrogen-bond donors (Lipinski definition) is 2. The molecule has 1 aliphatic carbocycles. The summed E-state index contributed by atoms with van der Waals surface area (Å²) in [7, 11) is 0. The molecule has 0 unspecified atom stereocenters. The van der Waals surface area contributed by atoms with E-state index in [4.69, 9.17) is 4.74 Å². The van der Waals surface area contributed by atoms with Gasteiger partial charge < -0.3 is 10.1 Å². The van der Waals surface area contributed by atoms with Gasteiger partial charge in [0.1, 0.15) is 24.5 Å². The minimum absolute atomic E-state index is 0.406. The van der Waals surface area contributed by atoms with Crippen LogP contribution >= 0.6 is 11.9 Å². The molecule has 3 aromatic rings. The molecule has 1 aliphatic rings. The minimum Gasteiger partial charge on any atom is -0.488 e. The quantitative estimate of drug-likeness (QED) is 0.209. The normalized spacial score (nSPS) is 14.0. The lowest BCUT2D eigenvalue weighted by atomic mass is 10.1. The van der Waals surface area contributed by atoms with Gasteiger partial charge in [0.25, 0.3) is 0 Å². The van der Waals surface area contributed by atoms with Gasteiger partial charge in [-0.1, -0.05) is 80.4 Å². The van der Waals surface area contributed by atoms with Crippen molar-refractivity contribution in [1.82, 2.24) is 14.7 Å². The molecule has 0 aliphatic heterocycles. The molecule has 1 aromatic heterocycles.